The Balaban J connectivity index is 0.000000230. The third-order valence-electron chi connectivity index (χ3n) is 12.7. The number of benzene rings is 10. The van der Waals surface area contributed by atoms with E-state index in [1.807, 2.05) is 42.5 Å². The quantitative estimate of drug-likeness (QED) is 0.172. The van der Waals surface area contributed by atoms with Crippen LogP contribution in [0, 0.1) is 12.3 Å². The minimum atomic E-state index is 0.540. The Morgan fingerprint density at radius 1 is 0.387 bits per heavy atom. The molecule has 2 aromatic heterocycles. The second-order valence-corrected chi connectivity index (χ2v) is 16.4. The van der Waals surface area contributed by atoms with E-state index in [1.165, 1.54) is 93.2 Å². The molecule has 0 radical (unpaired) electrons. The topological polar surface area (TPSA) is 59.7 Å². The normalized spacial score (nSPS) is 12.0. The third kappa shape index (κ3) is 5.50. The molecule has 0 aliphatic heterocycles. The van der Waals surface area contributed by atoms with Crippen LogP contribution in [0.4, 0.5) is 5.69 Å². The number of nitrogens with one attached hydrogen (secondary N) is 1. The molecule has 0 saturated heterocycles. The average Bonchev–Trinajstić information content (AvgIpc) is 3.94. The van der Waals surface area contributed by atoms with Crippen molar-refractivity contribution >= 4 is 76.6 Å². The SMILES string of the molecule is Cc1ccc2cc(-n3c4ccc(-c5ccc6c(c5)c5ccccc5n6-c5ccccc5)cc4c4ccc5ccccc5c43)ccc2c1.N=C1c2ccccc2-c2cccc(N)c21. The molecule has 292 valence electrons. The van der Waals surface area contributed by atoms with Gasteiger partial charge in [0.15, 0.2) is 0 Å². The van der Waals surface area contributed by atoms with Gasteiger partial charge < -0.3 is 14.9 Å². The lowest BCUT2D eigenvalue weighted by molar-refractivity contribution is 1.18. The Morgan fingerprint density at radius 3 is 1.82 bits per heavy atom. The van der Waals surface area contributed by atoms with Crippen LogP contribution in [0.1, 0.15) is 16.7 Å². The second kappa shape index (κ2) is 13.9. The maximum absolute atomic E-state index is 8.07. The van der Waals surface area contributed by atoms with Crippen LogP contribution in [0.2, 0.25) is 0 Å². The maximum Gasteiger partial charge on any atom is 0.0717 e. The molecule has 0 fully saturated rings. The van der Waals surface area contributed by atoms with E-state index >= 15 is 0 Å². The molecule has 12 aromatic rings. The number of nitrogens with zero attached hydrogens (tertiary/aromatic N) is 2. The Hall–Kier alpha value is -8.21. The van der Waals surface area contributed by atoms with Crippen molar-refractivity contribution in [3.05, 3.63) is 223 Å². The van der Waals surface area contributed by atoms with E-state index in [0.717, 1.165) is 22.3 Å². The minimum absolute atomic E-state index is 0.540. The molecule has 0 bridgehead atoms. The Labute approximate surface area is 358 Å². The van der Waals surface area contributed by atoms with Crippen molar-refractivity contribution in [1.29, 1.82) is 5.41 Å². The van der Waals surface area contributed by atoms with Gasteiger partial charge in [0.05, 0.1) is 27.8 Å². The number of anilines is 1. The molecular formula is C58H40N4. The number of para-hydroxylation sites is 2. The number of hydrogen-bond donors (Lipinski definition) is 2. The highest BCUT2D eigenvalue weighted by Gasteiger charge is 2.25. The predicted octanol–water partition coefficient (Wildman–Crippen LogP) is 14.8. The fourth-order valence-corrected chi connectivity index (χ4v) is 9.87. The molecule has 2 heterocycles. The van der Waals surface area contributed by atoms with Crippen molar-refractivity contribution in [2.45, 2.75) is 6.92 Å². The molecule has 1 aliphatic carbocycles. The summed E-state index contributed by atoms with van der Waals surface area (Å²) < 4.78 is 4.84. The van der Waals surface area contributed by atoms with Gasteiger partial charge >= 0.3 is 0 Å². The fourth-order valence-electron chi connectivity index (χ4n) is 9.87. The zero-order valence-electron chi connectivity index (χ0n) is 34.1. The van der Waals surface area contributed by atoms with E-state index in [0.29, 0.717) is 11.4 Å². The summed E-state index contributed by atoms with van der Waals surface area (Å²) in [6.45, 7) is 2.16. The highest BCUT2D eigenvalue weighted by atomic mass is 15.0. The monoisotopic (exact) mass is 792 g/mol. The second-order valence-electron chi connectivity index (χ2n) is 16.4. The van der Waals surface area contributed by atoms with Crippen LogP contribution in [-0.4, -0.2) is 14.8 Å². The molecule has 4 nitrogen and oxygen atoms in total. The third-order valence-corrected chi connectivity index (χ3v) is 12.7. The first-order valence-corrected chi connectivity index (χ1v) is 21.1. The Morgan fingerprint density at radius 2 is 1.00 bits per heavy atom. The molecule has 0 amide bonds. The van der Waals surface area contributed by atoms with Crippen LogP contribution in [0.15, 0.2) is 206 Å². The zero-order valence-corrected chi connectivity index (χ0v) is 34.1. The molecule has 13 rings (SSSR count). The van der Waals surface area contributed by atoms with E-state index < -0.39 is 0 Å². The van der Waals surface area contributed by atoms with Crippen LogP contribution >= 0.6 is 0 Å². The van der Waals surface area contributed by atoms with E-state index in [4.69, 9.17) is 11.1 Å². The largest absolute Gasteiger partial charge is 0.398 e. The van der Waals surface area contributed by atoms with Crippen LogP contribution < -0.4 is 5.73 Å². The number of nitrogen functional groups attached to an aromatic ring is 1. The van der Waals surface area contributed by atoms with Crippen molar-refractivity contribution in [2.75, 3.05) is 5.73 Å². The van der Waals surface area contributed by atoms with Gasteiger partial charge in [-0.25, -0.2) is 0 Å². The van der Waals surface area contributed by atoms with Gasteiger partial charge in [-0.1, -0.05) is 151 Å². The van der Waals surface area contributed by atoms with Gasteiger partial charge in [0, 0.05) is 55.1 Å². The van der Waals surface area contributed by atoms with Crippen molar-refractivity contribution < 1.29 is 0 Å². The molecule has 0 spiro atoms. The zero-order chi connectivity index (χ0) is 41.5. The van der Waals surface area contributed by atoms with Crippen LogP contribution in [0.25, 0.3) is 98.8 Å². The van der Waals surface area contributed by atoms with Gasteiger partial charge in [0.1, 0.15) is 0 Å². The lowest BCUT2D eigenvalue weighted by atomic mass is 10.00. The summed E-state index contributed by atoms with van der Waals surface area (Å²) in [6.07, 6.45) is 0. The Kier molecular flexibility index (Phi) is 8.03. The molecule has 3 N–H and O–H groups in total. The highest BCUT2D eigenvalue weighted by Crippen LogP contribution is 2.41. The molecule has 0 atom stereocenters. The number of nitrogens with two attached hydrogens (primary N) is 1. The lowest BCUT2D eigenvalue weighted by Gasteiger charge is -2.12. The first-order chi connectivity index (χ1) is 30.5. The number of rotatable bonds is 3. The highest BCUT2D eigenvalue weighted by molar-refractivity contribution is 6.25. The van der Waals surface area contributed by atoms with Crippen LogP contribution in [0.3, 0.4) is 0 Å². The summed E-state index contributed by atoms with van der Waals surface area (Å²) in [5.74, 6) is 0. The minimum Gasteiger partial charge on any atom is -0.398 e. The van der Waals surface area contributed by atoms with Crippen LogP contribution in [-0.2, 0) is 0 Å². The smallest absolute Gasteiger partial charge is 0.0717 e. The average molecular weight is 793 g/mol. The fraction of sp³-hybridized carbons (Fsp3) is 0.0172. The van der Waals surface area contributed by atoms with Gasteiger partial charge in [-0.3, -0.25) is 5.41 Å². The van der Waals surface area contributed by atoms with E-state index in [9.17, 15) is 0 Å². The molecule has 0 saturated carbocycles. The van der Waals surface area contributed by atoms with Gasteiger partial charge in [-0.15, -0.1) is 0 Å². The van der Waals surface area contributed by atoms with Crippen LogP contribution in [0.5, 0.6) is 0 Å². The van der Waals surface area contributed by atoms with Gasteiger partial charge in [0.2, 0.25) is 0 Å². The predicted molar refractivity (Wildman–Crippen MR) is 263 cm³/mol. The number of fused-ring (bicyclic) bond motifs is 12. The molecule has 62 heavy (non-hydrogen) atoms. The molecule has 0 unspecified atom stereocenters. The van der Waals surface area contributed by atoms with Gasteiger partial charge in [0.25, 0.3) is 0 Å². The van der Waals surface area contributed by atoms with E-state index in [2.05, 4.69) is 180 Å². The summed E-state index contributed by atoms with van der Waals surface area (Å²) in [6, 6.07) is 74.0. The molecule has 1 aliphatic rings. The molecule has 4 heteroatoms. The first-order valence-electron chi connectivity index (χ1n) is 21.1. The number of aromatic nitrogens is 2. The standard InChI is InChI=1S/C45H30N2.C13H10N2/c1-29-15-16-32-26-36(21-17-31(32)25-29)47-44-24-20-34(28-41(44)39-22-18-30-9-5-6-12-37(30)45(39)47)33-19-23-43-40(27-33)38-13-7-8-14-42(38)46(43)35-10-3-2-4-11-35;14-11-7-3-6-9-8-4-1-2-5-10(8)13(15)12(9)11/h2-28H,1H3;1-7,15H,14H2. The first kappa shape index (κ1) is 35.7. The summed E-state index contributed by atoms with van der Waals surface area (Å²) in [7, 11) is 0. The van der Waals surface area contributed by atoms with Gasteiger partial charge in [-0.05, 0) is 106 Å². The lowest BCUT2D eigenvalue weighted by Crippen LogP contribution is -2.00. The molecule has 10 aromatic carbocycles. The van der Waals surface area contributed by atoms with E-state index in [1.54, 1.807) is 0 Å². The summed E-state index contributed by atoms with van der Waals surface area (Å²) in [5.41, 5.74) is 22.2. The summed E-state index contributed by atoms with van der Waals surface area (Å²) >= 11 is 0. The van der Waals surface area contributed by atoms with Crippen molar-refractivity contribution in [3.63, 3.8) is 0 Å². The summed E-state index contributed by atoms with van der Waals surface area (Å²) in [4.78, 5) is 0. The Bertz CT molecular complexity index is 3790. The molecular weight excluding hydrogens is 753 g/mol. The summed E-state index contributed by atoms with van der Waals surface area (Å²) in [5, 5.41) is 18.2. The van der Waals surface area contributed by atoms with Gasteiger partial charge in [-0.2, -0.15) is 0 Å². The number of hydrogen-bond acceptors (Lipinski definition) is 2. The van der Waals surface area contributed by atoms with Crippen molar-refractivity contribution in [1.82, 2.24) is 9.13 Å². The van der Waals surface area contributed by atoms with Crippen molar-refractivity contribution in [2.24, 2.45) is 0 Å². The van der Waals surface area contributed by atoms with E-state index in [-0.39, 0.29) is 0 Å². The van der Waals surface area contributed by atoms with Crippen molar-refractivity contribution in [3.8, 4) is 33.6 Å². The number of aryl methyl sites for hydroxylation is 1. The maximum atomic E-state index is 8.07.